The van der Waals surface area contributed by atoms with E-state index in [1.807, 2.05) is 0 Å². The first-order chi connectivity index (χ1) is 13.2. The second kappa shape index (κ2) is 7.87. The highest BCUT2D eigenvalue weighted by Gasteiger charge is 2.46. The van der Waals surface area contributed by atoms with Crippen LogP contribution in [0.4, 0.5) is 17.6 Å². The number of alkyl halides is 4. The Morgan fingerprint density at radius 3 is 2.39 bits per heavy atom. The smallest absolute Gasteiger partial charge is 0.297 e. The minimum absolute atomic E-state index is 0.135. The number of Topliss-reactive ketones (excluding diaryl/α,β-unsaturated/α-hetero) is 1. The number of aromatic nitrogens is 1. The van der Waals surface area contributed by atoms with E-state index in [-0.39, 0.29) is 18.4 Å². The van der Waals surface area contributed by atoms with Crippen molar-refractivity contribution in [2.45, 2.75) is 30.3 Å². The molecule has 0 saturated heterocycles. The van der Waals surface area contributed by atoms with Gasteiger partial charge in [-0.05, 0) is 29.7 Å². The molecule has 7 heteroatoms. The van der Waals surface area contributed by atoms with Crippen LogP contribution in [0.25, 0.3) is 10.9 Å². The summed E-state index contributed by atoms with van der Waals surface area (Å²) >= 11 is 6.25. The van der Waals surface area contributed by atoms with Crippen LogP contribution in [0.15, 0.2) is 60.8 Å². The Kier molecular flexibility index (Phi) is 5.70. The van der Waals surface area contributed by atoms with Crippen LogP contribution in [-0.4, -0.2) is 21.8 Å². The number of benzene rings is 2. The van der Waals surface area contributed by atoms with Crippen molar-refractivity contribution in [2.75, 3.05) is 0 Å². The molecule has 0 amide bonds. The van der Waals surface area contributed by atoms with Crippen molar-refractivity contribution in [1.29, 1.82) is 0 Å². The molecule has 0 fully saturated rings. The average Bonchev–Trinajstić information content (AvgIpc) is 2.61. The topological polar surface area (TPSA) is 30.0 Å². The van der Waals surface area contributed by atoms with Crippen LogP contribution >= 0.6 is 11.6 Å². The van der Waals surface area contributed by atoms with Gasteiger partial charge in [0.25, 0.3) is 0 Å². The third-order valence-electron chi connectivity index (χ3n) is 4.39. The molecule has 2 nitrogen and oxygen atoms in total. The number of hydrogen-bond donors (Lipinski definition) is 0. The van der Waals surface area contributed by atoms with Gasteiger partial charge in [-0.3, -0.25) is 9.78 Å². The van der Waals surface area contributed by atoms with E-state index in [2.05, 4.69) is 4.98 Å². The van der Waals surface area contributed by atoms with Gasteiger partial charge in [0.2, 0.25) is 0 Å². The van der Waals surface area contributed by atoms with Gasteiger partial charge in [0.05, 0.1) is 6.42 Å². The van der Waals surface area contributed by atoms with E-state index in [4.69, 9.17) is 11.6 Å². The highest BCUT2D eigenvalue weighted by atomic mass is 35.5. The zero-order valence-electron chi connectivity index (χ0n) is 14.6. The number of rotatable bonds is 6. The molecular weight excluding hydrogens is 394 g/mol. The Morgan fingerprint density at radius 1 is 1.00 bits per heavy atom. The van der Waals surface area contributed by atoms with Crippen molar-refractivity contribution in [3.05, 3.63) is 77.7 Å². The molecule has 0 aliphatic carbocycles. The molecule has 28 heavy (non-hydrogen) atoms. The number of ketones is 1. The second-order valence-electron chi connectivity index (χ2n) is 6.67. The third-order valence-corrected chi connectivity index (χ3v) is 4.87. The van der Waals surface area contributed by atoms with Gasteiger partial charge in [-0.25, -0.2) is 4.39 Å². The largest absolute Gasteiger partial charge is 0.391 e. The maximum absolute atomic E-state index is 13.7. The Hall–Kier alpha value is -2.47. The highest BCUT2D eigenvalue weighted by Crippen LogP contribution is 2.36. The summed E-state index contributed by atoms with van der Waals surface area (Å²) in [7, 11) is 0. The van der Waals surface area contributed by atoms with Crippen LogP contribution in [-0.2, 0) is 17.6 Å². The summed E-state index contributed by atoms with van der Waals surface area (Å²) in [4.78, 5) is 14.6. The first kappa shape index (κ1) is 20.3. The Balaban J connectivity index is 1.88. The predicted molar refractivity (Wildman–Crippen MR) is 99.8 cm³/mol. The minimum atomic E-state index is -4.60. The van der Waals surface area contributed by atoms with Gasteiger partial charge < -0.3 is 0 Å². The molecule has 0 spiro atoms. The molecule has 1 atom stereocenters. The lowest BCUT2D eigenvalue weighted by Gasteiger charge is -2.27. The fraction of sp³-hybridized carbons (Fsp3) is 0.238. The van der Waals surface area contributed by atoms with E-state index in [1.165, 1.54) is 24.4 Å². The minimum Gasteiger partial charge on any atom is -0.297 e. The number of hydrogen-bond acceptors (Lipinski definition) is 2. The van der Waals surface area contributed by atoms with E-state index < -0.39 is 29.1 Å². The van der Waals surface area contributed by atoms with Crippen molar-refractivity contribution in [2.24, 2.45) is 0 Å². The number of pyridine rings is 1. The lowest BCUT2D eigenvalue weighted by atomic mass is 9.88. The van der Waals surface area contributed by atoms with Crippen molar-refractivity contribution in [3.8, 4) is 0 Å². The van der Waals surface area contributed by atoms with Crippen molar-refractivity contribution in [1.82, 2.24) is 4.98 Å². The van der Waals surface area contributed by atoms with Gasteiger partial charge in [-0.1, -0.05) is 42.5 Å². The van der Waals surface area contributed by atoms with Crippen LogP contribution in [0, 0.1) is 5.82 Å². The molecule has 0 N–H and O–H groups in total. The van der Waals surface area contributed by atoms with Crippen LogP contribution in [0.3, 0.4) is 0 Å². The summed E-state index contributed by atoms with van der Waals surface area (Å²) in [6.45, 7) is 0. The number of carbonyl (C=O) groups excluding carboxylic acids is 1. The SMILES string of the molecule is O=C(Cc1cnc2c(F)cccc2c1)C(Cl)(Cc1ccccc1)CC(F)(F)F. The predicted octanol–water partition coefficient (Wildman–Crippen LogP) is 5.66. The van der Waals surface area contributed by atoms with Crippen molar-refractivity contribution in [3.63, 3.8) is 0 Å². The van der Waals surface area contributed by atoms with E-state index in [0.717, 1.165) is 0 Å². The van der Waals surface area contributed by atoms with E-state index >= 15 is 0 Å². The number of para-hydroxylation sites is 1. The Morgan fingerprint density at radius 2 is 1.71 bits per heavy atom. The fourth-order valence-corrected chi connectivity index (χ4v) is 3.48. The molecule has 1 heterocycles. The third kappa shape index (κ3) is 4.87. The number of carbonyl (C=O) groups is 1. The highest BCUT2D eigenvalue weighted by molar-refractivity contribution is 6.35. The lowest BCUT2D eigenvalue weighted by molar-refractivity contribution is -0.149. The molecule has 0 saturated carbocycles. The standard InChI is InChI=1S/C21H16ClF4NO/c22-20(13-21(24,25)26,11-14-5-2-1-3-6-14)18(28)10-15-9-16-7-4-8-17(23)19(16)27-12-15/h1-9,12H,10-11,13H2. The molecule has 0 aliphatic rings. The summed E-state index contributed by atoms with van der Waals surface area (Å²) < 4.78 is 53.1. The average molecular weight is 410 g/mol. The van der Waals surface area contributed by atoms with Crippen LogP contribution in [0.5, 0.6) is 0 Å². The van der Waals surface area contributed by atoms with Crippen LogP contribution < -0.4 is 0 Å². The Bertz CT molecular complexity index is 991. The quantitative estimate of drug-likeness (QED) is 0.388. The van der Waals surface area contributed by atoms with E-state index in [1.54, 1.807) is 36.4 Å². The van der Waals surface area contributed by atoms with Gasteiger partial charge in [0.1, 0.15) is 16.2 Å². The molecule has 3 rings (SSSR count). The number of fused-ring (bicyclic) bond motifs is 1. The van der Waals surface area contributed by atoms with Gasteiger partial charge in [-0.2, -0.15) is 13.2 Å². The maximum atomic E-state index is 13.7. The van der Waals surface area contributed by atoms with Gasteiger partial charge in [0.15, 0.2) is 5.78 Å². The molecule has 0 bridgehead atoms. The number of nitrogens with zero attached hydrogens (tertiary/aromatic N) is 1. The molecule has 146 valence electrons. The van der Waals surface area contributed by atoms with Crippen LogP contribution in [0.2, 0.25) is 0 Å². The monoisotopic (exact) mass is 409 g/mol. The molecule has 1 unspecified atom stereocenters. The zero-order chi connectivity index (χ0) is 20.4. The molecular formula is C21H16ClF4NO. The van der Waals surface area contributed by atoms with Gasteiger partial charge >= 0.3 is 6.18 Å². The second-order valence-corrected chi connectivity index (χ2v) is 7.40. The maximum Gasteiger partial charge on any atom is 0.391 e. The zero-order valence-corrected chi connectivity index (χ0v) is 15.4. The summed E-state index contributed by atoms with van der Waals surface area (Å²) in [5, 5.41) is 0.462. The first-order valence-corrected chi connectivity index (χ1v) is 8.90. The fourth-order valence-electron chi connectivity index (χ4n) is 3.11. The van der Waals surface area contributed by atoms with E-state index in [9.17, 15) is 22.4 Å². The van der Waals surface area contributed by atoms with Gasteiger partial charge in [-0.15, -0.1) is 11.6 Å². The van der Waals surface area contributed by atoms with Crippen molar-refractivity contribution < 1.29 is 22.4 Å². The molecule has 0 aliphatic heterocycles. The molecule has 0 radical (unpaired) electrons. The van der Waals surface area contributed by atoms with Crippen molar-refractivity contribution >= 4 is 28.3 Å². The van der Waals surface area contributed by atoms with E-state index in [0.29, 0.717) is 16.5 Å². The summed E-state index contributed by atoms with van der Waals surface area (Å²) in [5.74, 6) is -1.27. The summed E-state index contributed by atoms with van der Waals surface area (Å²) in [6.07, 6.45) is -5.33. The normalized spacial score (nSPS) is 14.0. The molecule has 1 aromatic heterocycles. The first-order valence-electron chi connectivity index (χ1n) is 8.52. The lowest BCUT2D eigenvalue weighted by Crippen LogP contribution is -2.40. The van der Waals surface area contributed by atoms with Crippen LogP contribution in [0.1, 0.15) is 17.5 Å². The van der Waals surface area contributed by atoms with Gasteiger partial charge in [0, 0.05) is 18.0 Å². The Labute approximate surface area is 164 Å². The summed E-state index contributed by atoms with van der Waals surface area (Å²) in [6, 6.07) is 14.2. The number of halogens is 5. The molecule has 2 aromatic carbocycles. The molecule has 3 aromatic rings. The summed E-state index contributed by atoms with van der Waals surface area (Å²) in [5.41, 5.74) is 1.05.